The number of carbonyl (C=O) groups excluding carboxylic acids is 1. The van der Waals surface area contributed by atoms with Crippen LogP contribution in [-0.2, 0) is 10.0 Å². The Hall–Kier alpha value is -3.27. The maximum absolute atomic E-state index is 13.0. The maximum atomic E-state index is 13.0. The summed E-state index contributed by atoms with van der Waals surface area (Å²) in [6.45, 7) is 2.45. The lowest BCUT2D eigenvalue weighted by molar-refractivity contribution is 0.102. The van der Waals surface area contributed by atoms with E-state index in [2.05, 4.69) is 10.3 Å². The molecule has 0 bridgehead atoms. The van der Waals surface area contributed by atoms with Crippen molar-refractivity contribution in [3.63, 3.8) is 0 Å². The van der Waals surface area contributed by atoms with E-state index in [1.165, 1.54) is 41.7 Å². The van der Waals surface area contributed by atoms with Gasteiger partial charge in [-0.1, -0.05) is 18.6 Å². The Morgan fingerprint density at radius 1 is 1.09 bits per heavy atom. The van der Waals surface area contributed by atoms with Crippen molar-refractivity contribution >= 4 is 43.2 Å². The number of aromatic nitrogens is 1. The van der Waals surface area contributed by atoms with E-state index in [4.69, 9.17) is 0 Å². The molecule has 0 aliphatic carbocycles. The molecule has 1 aromatic heterocycles. The Bertz CT molecular complexity index is 1460. The smallest absolute Gasteiger partial charge is 0.255 e. The number of aromatic hydroxyl groups is 1. The van der Waals surface area contributed by atoms with Crippen molar-refractivity contribution in [3.8, 4) is 16.3 Å². The summed E-state index contributed by atoms with van der Waals surface area (Å²) < 4.78 is 28.6. The second-order valence-electron chi connectivity index (χ2n) is 8.66. The quantitative estimate of drug-likeness (QED) is 0.348. The predicted octanol–water partition coefficient (Wildman–Crippen LogP) is 5.48. The normalized spacial score (nSPS) is 16.9. The molecule has 3 aromatic carbocycles. The molecule has 1 saturated heterocycles. The molecular formula is C26H25N3O4S2. The number of nitrogens with one attached hydrogen (secondary N) is 1. The van der Waals surface area contributed by atoms with Crippen molar-refractivity contribution in [2.45, 2.75) is 37.1 Å². The number of hydrogen-bond donors (Lipinski definition) is 2. The highest BCUT2D eigenvalue weighted by molar-refractivity contribution is 7.89. The second-order valence-corrected chi connectivity index (χ2v) is 11.6. The van der Waals surface area contributed by atoms with Crippen LogP contribution in [0.25, 0.3) is 20.8 Å². The van der Waals surface area contributed by atoms with E-state index in [-0.39, 0.29) is 22.6 Å². The van der Waals surface area contributed by atoms with Crippen molar-refractivity contribution < 1.29 is 18.3 Å². The van der Waals surface area contributed by atoms with E-state index in [9.17, 15) is 18.3 Å². The fraction of sp³-hybridized carbons (Fsp3) is 0.231. The number of thiazole rings is 1. The average Bonchev–Trinajstić information content (AvgIpc) is 3.29. The molecule has 7 nitrogen and oxygen atoms in total. The van der Waals surface area contributed by atoms with Crippen molar-refractivity contribution in [3.05, 3.63) is 72.3 Å². The van der Waals surface area contributed by atoms with E-state index < -0.39 is 10.0 Å². The van der Waals surface area contributed by atoms with Crippen molar-refractivity contribution in [1.82, 2.24) is 9.29 Å². The van der Waals surface area contributed by atoms with Gasteiger partial charge in [0.25, 0.3) is 5.91 Å². The van der Waals surface area contributed by atoms with Crippen molar-refractivity contribution in [2.75, 3.05) is 11.9 Å². The fourth-order valence-electron chi connectivity index (χ4n) is 4.32. The van der Waals surface area contributed by atoms with E-state index in [0.29, 0.717) is 28.4 Å². The molecule has 1 atom stereocenters. The summed E-state index contributed by atoms with van der Waals surface area (Å²) in [5, 5.41) is 13.9. The Balaban J connectivity index is 1.35. The minimum atomic E-state index is -3.60. The van der Waals surface area contributed by atoms with Crippen LogP contribution in [0.3, 0.4) is 0 Å². The number of nitrogens with zero attached hydrogens (tertiary/aromatic N) is 2. The number of amides is 1. The van der Waals surface area contributed by atoms with Crippen LogP contribution in [0.5, 0.6) is 5.75 Å². The first-order valence-electron chi connectivity index (χ1n) is 11.5. The van der Waals surface area contributed by atoms with Gasteiger partial charge in [-0.05, 0) is 74.4 Å². The predicted molar refractivity (Wildman–Crippen MR) is 138 cm³/mol. The lowest BCUT2D eigenvalue weighted by Crippen LogP contribution is -2.41. The molecular weight excluding hydrogens is 482 g/mol. The summed E-state index contributed by atoms with van der Waals surface area (Å²) in [6, 6.07) is 18.5. The average molecular weight is 508 g/mol. The van der Waals surface area contributed by atoms with Gasteiger partial charge in [-0.15, -0.1) is 11.3 Å². The van der Waals surface area contributed by atoms with Gasteiger partial charge < -0.3 is 10.4 Å². The number of carbonyl (C=O) groups is 1. The molecule has 9 heteroatoms. The second kappa shape index (κ2) is 9.41. The molecule has 1 fully saturated rings. The minimum absolute atomic E-state index is 0.0316. The first-order chi connectivity index (χ1) is 16.8. The summed E-state index contributed by atoms with van der Waals surface area (Å²) in [4.78, 5) is 17.6. The lowest BCUT2D eigenvalue weighted by atomic mass is 10.1. The van der Waals surface area contributed by atoms with Gasteiger partial charge in [-0.3, -0.25) is 4.79 Å². The molecule has 35 heavy (non-hydrogen) atoms. The number of sulfonamides is 1. The molecule has 1 aliphatic heterocycles. The largest absolute Gasteiger partial charge is 0.507 e. The van der Waals surface area contributed by atoms with E-state index in [1.54, 1.807) is 16.4 Å². The lowest BCUT2D eigenvalue weighted by Gasteiger charge is -2.32. The number of phenolic OH excluding ortho intramolecular Hbond substituents is 1. The number of rotatable bonds is 5. The summed E-state index contributed by atoms with van der Waals surface area (Å²) in [6.07, 6.45) is 2.74. The Kier molecular flexibility index (Phi) is 6.31. The Morgan fingerprint density at radius 2 is 1.86 bits per heavy atom. The van der Waals surface area contributed by atoms with Crippen LogP contribution in [0, 0.1) is 0 Å². The number of anilines is 1. The minimum Gasteiger partial charge on any atom is -0.507 e. The van der Waals surface area contributed by atoms with Crippen LogP contribution in [0.15, 0.2) is 71.6 Å². The third kappa shape index (κ3) is 4.67. The summed E-state index contributed by atoms with van der Waals surface area (Å²) in [5.41, 5.74) is 2.21. The molecule has 0 radical (unpaired) electrons. The number of para-hydroxylation sites is 1. The number of fused-ring (bicyclic) bond motifs is 1. The molecule has 0 unspecified atom stereocenters. The molecule has 5 rings (SSSR count). The highest BCUT2D eigenvalue weighted by Crippen LogP contribution is 2.37. The third-order valence-electron chi connectivity index (χ3n) is 6.24. The number of benzene rings is 3. The molecule has 2 N–H and O–H groups in total. The van der Waals surface area contributed by atoms with Crippen molar-refractivity contribution in [1.29, 1.82) is 0 Å². The fourth-order valence-corrected chi connectivity index (χ4v) is 7.01. The standard InChI is InChI=1S/C26H25N3O4S2/c1-17-6-4-5-15-29(17)35(32,33)20-12-9-18(10-13-20)25(31)27-19-11-14-23(30)21(16-19)26-28-22-7-2-3-8-24(22)34-26/h2-3,7-14,16-17,30H,4-6,15H2,1H3,(H,27,31)/t17-/m1/s1. The molecule has 1 amide bonds. The number of piperidine rings is 1. The van der Waals surface area contributed by atoms with Crippen LogP contribution in [0.1, 0.15) is 36.5 Å². The first kappa shape index (κ1) is 23.5. The van der Waals surface area contributed by atoms with Gasteiger partial charge >= 0.3 is 0 Å². The zero-order valence-electron chi connectivity index (χ0n) is 19.1. The topological polar surface area (TPSA) is 99.6 Å². The molecule has 4 aromatic rings. The zero-order valence-corrected chi connectivity index (χ0v) is 20.8. The van der Waals surface area contributed by atoms with Gasteiger partial charge in [-0.25, -0.2) is 13.4 Å². The summed E-state index contributed by atoms with van der Waals surface area (Å²) >= 11 is 1.46. The van der Waals surface area contributed by atoms with E-state index in [0.717, 1.165) is 29.5 Å². The molecule has 2 heterocycles. The van der Waals surface area contributed by atoms with E-state index in [1.807, 2.05) is 31.2 Å². The summed E-state index contributed by atoms with van der Waals surface area (Å²) in [7, 11) is -3.60. The molecule has 0 saturated carbocycles. The van der Waals surface area contributed by atoms with Crippen LogP contribution >= 0.6 is 11.3 Å². The van der Waals surface area contributed by atoms with Gasteiger partial charge in [0, 0.05) is 23.8 Å². The van der Waals surface area contributed by atoms with E-state index >= 15 is 0 Å². The van der Waals surface area contributed by atoms with Gasteiger partial charge in [-0.2, -0.15) is 4.31 Å². The monoisotopic (exact) mass is 507 g/mol. The Morgan fingerprint density at radius 3 is 2.60 bits per heavy atom. The highest BCUT2D eigenvalue weighted by Gasteiger charge is 2.31. The molecule has 180 valence electrons. The Labute approximate surface area is 208 Å². The highest BCUT2D eigenvalue weighted by atomic mass is 32.2. The summed E-state index contributed by atoms with van der Waals surface area (Å²) in [5.74, 6) is -0.301. The number of phenols is 1. The first-order valence-corrected chi connectivity index (χ1v) is 13.7. The van der Waals surface area contributed by atoms with Crippen LogP contribution in [0.2, 0.25) is 0 Å². The van der Waals surface area contributed by atoms with Crippen molar-refractivity contribution in [2.24, 2.45) is 0 Å². The van der Waals surface area contributed by atoms with Gasteiger partial charge in [0.2, 0.25) is 10.0 Å². The van der Waals surface area contributed by atoms with Gasteiger partial charge in [0.05, 0.1) is 20.7 Å². The SMILES string of the molecule is C[C@@H]1CCCCN1S(=O)(=O)c1ccc(C(=O)Nc2ccc(O)c(-c3nc4ccccc4s3)c2)cc1. The zero-order chi connectivity index (χ0) is 24.6. The van der Waals surface area contributed by atoms with Crippen LogP contribution < -0.4 is 5.32 Å². The molecule has 1 aliphatic rings. The van der Waals surface area contributed by atoms with Crippen LogP contribution in [-0.4, -0.2) is 41.3 Å². The van der Waals surface area contributed by atoms with Gasteiger partial charge in [0.15, 0.2) is 0 Å². The third-order valence-corrected chi connectivity index (χ3v) is 9.34. The number of hydrogen-bond acceptors (Lipinski definition) is 6. The maximum Gasteiger partial charge on any atom is 0.255 e. The van der Waals surface area contributed by atoms with Gasteiger partial charge in [0.1, 0.15) is 10.8 Å². The molecule has 0 spiro atoms. The van der Waals surface area contributed by atoms with Crippen LogP contribution in [0.4, 0.5) is 5.69 Å².